The molecule has 2 saturated carbocycles. The van der Waals surface area contributed by atoms with E-state index in [4.69, 9.17) is 5.11 Å². The molecule has 0 aromatic heterocycles. The number of hydrogen-bond donors (Lipinski definition) is 2. The van der Waals surface area contributed by atoms with E-state index >= 15 is 0 Å². The molecular weight excluding hydrogens is 194 g/mol. The molecule has 2 rings (SSSR count). The fraction of sp³-hybridized carbons (Fsp3) is 0.818. The van der Waals surface area contributed by atoms with Crippen LogP contribution in [-0.2, 0) is 9.59 Å². The van der Waals surface area contributed by atoms with Crippen LogP contribution in [0.4, 0.5) is 0 Å². The van der Waals surface area contributed by atoms with Crippen molar-refractivity contribution in [1.29, 1.82) is 0 Å². The Hall–Kier alpha value is -1.06. The van der Waals surface area contributed by atoms with Gasteiger partial charge in [-0.05, 0) is 38.0 Å². The first kappa shape index (κ1) is 10.5. The average molecular weight is 211 g/mol. The number of rotatable bonds is 5. The molecule has 2 aliphatic rings. The number of carboxylic acid groups (broad SMARTS) is 1. The molecule has 2 fully saturated rings. The van der Waals surface area contributed by atoms with Gasteiger partial charge in [0, 0.05) is 12.0 Å². The van der Waals surface area contributed by atoms with Crippen LogP contribution in [0.25, 0.3) is 0 Å². The van der Waals surface area contributed by atoms with Crippen LogP contribution in [-0.4, -0.2) is 23.0 Å². The van der Waals surface area contributed by atoms with Gasteiger partial charge in [0.05, 0.1) is 6.42 Å². The van der Waals surface area contributed by atoms with E-state index in [1.54, 1.807) is 6.92 Å². The van der Waals surface area contributed by atoms with Crippen molar-refractivity contribution in [3.8, 4) is 0 Å². The number of hydrogen-bond acceptors (Lipinski definition) is 2. The molecule has 15 heavy (non-hydrogen) atoms. The van der Waals surface area contributed by atoms with E-state index in [1.165, 1.54) is 12.8 Å². The third-order valence-corrected chi connectivity index (χ3v) is 3.27. The monoisotopic (exact) mass is 211 g/mol. The Bertz CT molecular complexity index is 286. The molecule has 0 aromatic carbocycles. The SMILES string of the molecule is CC(CC(=O)O)NC(=O)C1CC1C1CC1. The molecule has 2 aliphatic carbocycles. The summed E-state index contributed by atoms with van der Waals surface area (Å²) >= 11 is 0. The summed E-state index contributed by atoms with van der Waals surface area (Å²) < 4.78 is 0. The highest BCUT2D eigenvalue weighted by molar-refractivity contribution is 5.82. The lowest BCUT2D eigenvalue weighted by atomic mass is 10.2. The predicted octanol–water partition coefficient (Wildman–Crippen LogP) is 1.01. The molecular formula is C11H17NO3. The number of amides is 1. The highest BCUT2D eigenvalue weighted by Gasteiger charge is 2.51. The van der Waals surface area contributed by atoms with Crippen molar-refractivity contribution in [3.05, 3.63) is 0 Å². The molecule has 0 heterocycles. The van der Waals surface area contributed by atoms with Crippen LogP contribution in [0.1, 0.15) is 32.6 Å². The van der Waals surface area contributed by atoms with Gasteiger partial charge in [0.15, 0.2) is 0 Å². The summed E-state index contributed by atoms with van der Waals surface area (Å²) in [7, 11) is 0. The molecule has 0 spiro atoms. The Balaban J connectivity index is 1.70. The van der Waals surface area contributed by atoms with E-state index in [-0.39, 0.29) is 24.3 Å². The van der Waals surface area contributed by atoms with Gasteiger partial charge in [0.25, 0.3) is 0 Å². The first-order valence-corrected chi connectivity index (χ1v) is 5.60. The summed E-state index contributed by atoms with van der Waals surface area (Å²) in [6, 6.07) is -0.254. The number of carbonyl (C=O) groups is 2. The van der Waals surface area contributed by atoms with Crippen LogP contribution in [0.5, 0.6) is 0 Å². The lowest BCUT2D eigenvalue weighted by Crippen LogP contribution is -2.35. The van der Waals surface area contributed by atoms with Crippen LogP contribution >= 0.6 is 0 Å². The van der Waals surface area contributed by atoms with Gasteiger partial charge in [0.1, 0.15) is 0 Å². The molecule has 4 nitrogen and oxygen atoms in total. The largest absolute Gasteiger partial charge is 0.481 e. The van der Waals surface area contributed by atoms with Crippen LogP contribution in [0, 0.1) is 17.8 Å². The molecule has 2 N–H and O–H groups in total. The third kappa shape index (κ3) is 2.70. The molecule has 4 heteroatoms. The number of aliphatic carboxylic acids is 1. The zero-order chi connectivity index (χ0) is 11.0. The molecule has 3 unspecified atom stereocenters. The maximum absolute atomic E-state index is 11.6. The number of carbonyl (C=O) groups excluding carboxylic acids is 1. The zero-order valence-corrected chi connectivity index (χ0v) is 8.90. The molecule has 0 saturated heterocycles. The second-order valence-corrected chi connectivity index (χ2v) is 4.85. The van der Waals surface area contributed by atoms with E-state index in [9.17, 15) is 9.59 Å². The van der Waals surface area contributed by atoms with Crippen molar-refractivity contribution in [2.45, 2.75) is 38.6 Å². The van der Waals surface area contributed by atoms with Crippen molar-refractivity contribution < 1.29 is 14.7 Å². The van der Waals surface area contributed by atoms with Gasteiger partial charge >= 0.3 is 5.97 Å². The van der Waals surface area contributed by atoms with Gasteiger partial charge in [-0.2, -0.15) is 0 Å². The van der Waals surface area contributed by atoms with Gasteiger partial charge in [-0.1, -0.05) is 0 Å². The summed E-state index contributed by atoms with van der Waals surface area (Å²) in [5.74, 6) is 0.754. The summed E-state index contributed by atoms with van der Waals surface area (Å²) in [6.07, 6.45) is 3.57. The van der Waals surface area contributed by atoms with E-state index in [0.29, 0.717) is 5.92 Å². The van der Waals surface area contributed by atoms with Gasteiger partial charge < -0.3 is 10.4 Å². The van der Waals surface area contributed by atoms with Gasteiger partial charge in [-0.25, -0.2) is 0 Å². The van der Waals surface area contributed by atoms with E-state index in [1.807, 2.05) is 0 Å². The first-order chi connectivity index (χ1) is 7.08. The molecule has 0 aliphatic heterocycles. The molecule has 0 bridgehead atoms. The summed E-state index contributed by atoms with van der Waals surface area (Å²) in [5.41, 5.74) is 0. The predicted molar refractivity (Wildman–Crippen MR) is 54.2 cm³/mol. The molecule has 3 atom stereocenters. The normalized spacial score (nSPS) is 30.7. The van der Waals surface area contributed by atoms with E-state index in [0.717, 1.165) is 12.3 Å². The Labute approximate surface area is 89.0 Å². The second kappa shape index (κ2) is 3.83. The highest BCUT2D eigenvalue weighted by atomic mass is 16.4. The summed E-state index contributed by atoms with van der Waals surface area (Å²) in [5, 5.41) is 11.3. The maximum atomic E-state index is 11.6. The fourth-order valence-corrected chi connectivity index (χ4v) is 2.22. The molecule has 84 valence electrons. The van der Waals surface area contributed by atoms with Crippen molar-refractivity contribution >= 4 is 11.9 Å². The number of carboxylic acids is 1. The minimum atomic E-state index is -0.864. The standard InChI is InChI=1S/C11H17NO3/c1-6(4-10(13)14)12-11(15)9-5-8(9)7-2-3-7/h6-9H,2-5H2,1H3,(H,12,15)(H,13,14). The third-order valence-electron chi connectivity index (χ3n) is 3.27. The van der Waals surface area contributed by atoms with Gasteiger partial charge in [-0.15, -0.1) is 0 Å². The average Bonchev–Trinajstić information content (AvgIpc) is 2.97. The van der Waals surface area contributed by atoms with Gasteiger partial charge in [0.2, 0.25) is 5.91 Å². The Kier molecular flexibility index (Phi) is 2.67. The Morgan fingerprint density at radius 2 is 2.13 bits per heavy atom. The van der Waals surface area contributed by atoms with Crippen LogP contribution < -0.4 is 5.32 Å². The maximum Gasteiger partial charge on any atom is 0.305 e. The van der Waals surface area contributed by atoms with Crippen LogP contribution in [0.2, 0.25) is 0 Å². The molecule has 0 radical (unpaired) electrons. The van der Waals surface area contributed by atoms with Crippen molar-refractivity contribution in [1.82, 2.24) is 5.32 Å². The topological polar surface area (TPSA) is 66.4 Å². The van der Waals surface area contributed by atoms with Crippen LogP contribution in [0.15, 0.2) is 0 Å². The van der Waals surface area contributed by atoms with Crippen molar-refractivity contribution in [2.24, 2.45) is 17.8 Å². The zero-order valence-electron chi connectivity index (χ0n) is 8.90. The lowest BCUT2D eigenvalue weighted by Gasteiger charge is -2.11. The van der Waals surface area contributed by atoms with E-state index < -0.39 is 5.97 Å². The Morgan fingerprint density at radius 3 is 2.67 bits per heavy atom. The Morgan fingerprint density at radius 1 is 1.47 bits per heavy atom. The van der Waals surface area contributed by atoms with Crippen LogP contribution in [0.3, 0.4) is 0 Å². The quantitative estimate of drug-likeness (QED) is 0.713. The van der Waals surface area contributed by atoms with Crippen molar-refractivity contribution in [2.75, 3.05) is 0 Å². The minimum absolute atomic E-state index is 0.00650. The molecule has 1 amide bonds. The van der Waals surface area contributed by atoms with E-state index in [2.05, 4.69) is 5.32 Å². The lowest BCUT2D eigenvalue weighted by molar-refractivity contribution is -0.137. The minimum Gasteiger partial charge on any atom is -0.481 e. The second-order valence-electron chi connectivity index (χ2n) is 4.85. The summed E-state index contributed by atoms with van der Waals surface area (Å²) in [6.45, 7) is 1.74. The number of nitrogens with one attached hydrogen (secondary N) is 1. The van der Waals surface area contributed by atoms with Crippen molar-refractivity contribution in [3.63, 3.8) is 0 Å². The van der Waals surface area contributed by atoms with Gasteiger partial charge in [-0.3, -0.25) is 9.59 Å². The summed E-state index contributed by atoms with van der Waals surface area (Å²) in [4.78, 5) is 22.0. The highest BCUT2D eigenvalue weighted by Crippen LogP contribution is 2.54. The first-order valence-electron chi connectivity index (χ1n) is 5.60. The molecule has 0 aromatic rings. The fourth-order valence-electron chi connectivity index (χ4n) is 2.22. The smallest absolute Gasteiger partial charge is 0.305 e.